The highest BCUT2D eigenvalue weighted by molar-refractivity contribution is 6.51. The van der Waals surface area contributed by atoms with Crippen LogP contribution in [-0.4, -0.2) is 37.6 Å². The predicted octanol–water partition coefficient (Wildman–Crippen LogP) is 5.65. The van der Waals surface area contributed by atoms with Gasteiger partial charge in [0.15, 0.2) is 11.5 Å². The summed E-state index contributed by atoms with van der Waals surface area (Å²) in [5, 5.41) is 11.5. The highest BCUT2D eigenvalue weighted by atomic mass is 16.5. The zero-order valence-corrected chi connectivity index (χ0v) is 21.9. The monoisotopic (exact) mass is 501 g/mol. The molecule has 1 amide bonds. The molecule has 7 heteroatoms. The van der Waals surface area contributed by atoms with E-state index in [1.807, 2.05) is 45.9 Å². The van der Waals surface area contributed by atoms with E-state index in [4.69, 9.17) is 14.2 Å². The van der Waals surface area contributed by atoms with Gasteiger partial charge in [-0.2, -0.15) is 0 Å². The molecule has 37 heavy (non-hydrogen) atoms. The molecule has 3 aromatic rings. The molecule has 0 radical (unpaired) electrons. The number of anilines is 1. The number of nitrogens with zero attached hydrogens (tertiary/aromatic N) is 1. The van der Waals surface area contributed by atoms with E-state index in [1.165, 1.54) is 4.90 Å². The Hall–Kier alpha value is -4.26. The van der Waals surface area contributed by atoms with Gasteiger partial charge in [-0.05, 0) is 80.8 Å². The average Bonchev–Trinajstić information content (AvgIpc) is 3.14. The lowest BCUT2D eigenvalue weighted by molar-refractivity contribution is -0.132. The fraction of sp³-hybridized carbons (Fsp3) is 0.267. The van der Waals surface area contributed by atoms with Crippen LogP contribution in [0.15, 0.2) is 60.2 Å². The van der Waals surface area contributed by atoms with Crippen LogP contribution in [0.3, 0.4) is 0 Å². The number of methoxy groups -OCH3 is 2. The Morgan fingerprint density at radius 2 is 1.57 bits per heavy atom. The number of aliphatic hydroxyl groups excluding tert-OH is 1. The molecular weight excluding hydrogens is 470 g/mol. The van der Waals surface area contributed by atoms with Crippen LogP contribution >= 0.6 is 0 Å². The maximum absolute atomic E-state index is 13.5. The van der Waals surface area contributed by atoms with Gasteiger partial charge in [0.05, 0.1) is 32.4 Å². The molecule has 1 atom stereocenters. The molecule has 0 aromatic heterocycles. The minimum absolute atomic E-state index is 0.00200. The fourth-order valence-electron chi connectivity index (χ4n) is 4.78. The first-order valence-corrected chi connectivity index (χ1v) is 12.1. The van der Waals surface area contributed by atoms with E-state index in [2.05, 4.69) is 0 Å². The Balaban J connectivity index is 1.98. The summed E-state index contributed by atoms with van der Waals surface area (Å²) in [5.41, 5.74) is 4.28. The zero-order valence-electron chi connectivity index (χ0n) is 21.9. The minimum Gasteiger partial charge on any atom is -0.507 e. The third-order valence-corrected chi connectivity index (χ3v) is 6.53. The van der Waals surface area contributed by atoms with Crippen LogP contribution in [0, 0.1) is 20.8 Å². The number of hydrogen-bond acceptors (Lipinski definition) is 6. The second kappa shape index (κ2) is 10.4. The molecule has 0 spiro atoms. The van der Waals surface area contributed by atoms with E-state index in [0.29, 0.717) is 40.7 Å². The van der Waals surface area contributed by atoms with Crippen molar-refractivity contribution in [1.82, 2.24) is 0 Å². The van der Waals surface area contributed by atoms with Crippen molar-refractivity contribution in [3.63, 3.8) is 0 Å². The molecule has 1 heterocycles. The molecule has 192 valence electrons. The summed E-state index contributed by atoms with van der Waals surface area (Å²) in [5.74, 6) is -0.0634. The van der Waals surface area contributed by atoms with Crippen molar-refractivity contribution in [2.75, 3.05) is 25.7 Å². The van der Waals surface area contributed by atoms with E-state index in [1.54, 1.807) is 50.6 Å². The molecular formula is C30H31NO6. The number of carbonyl (C=O) groups is 2. The summed E-state index contributed by atoms with van der Waals surface area (Å²) >= 11 is 0. The van der Waals surface area contributed by atoms with Crippen LogP contribution in [0.2, 0.25) is 0 Å². The van der Waals surface area contributed by atoms with E-state index in [-0.39, 0.29) is 11.3 Å². The number of rotatable bonds is 7. The molecule has 3 aromatic carbocycles. The van der Waals surface area contributed by atoms with Gasteiger partial charge in [0.2, 0.25) is 0 Å². The number of aliphatic hydroxyl groups is 1. The third-order valence-electron chi connectivity index (χ3n) is 6.53. The Bertz CT molecular complexity index is 1410. The SMILES string of the molecule is CCOc1cc(C2/C(=C(\O)c3ccc(OC)c(C)c3)C(=O)C(=O)N2c2ccc(C)cc2C)ccc1OC. The first-order chi connectivity index (χ1) is 17.7. The maximum Gasteiger partial charge on any atom is 0.300 e. The van der Waals surface area contributed by atoms with Gasteiger partial charge in [-0.3, -0.25) is 14.5 Å². The third kappa shape index (κ3) is 4.65. The minimum atomic E-state index is -0.881. The lowest BCUT2D eigenvalue weighted by Crippen LogP contribution is -2.30. The lowest BCUT2D eigenvalue weighted by Gasteiger charge is -2.27. The van der Waals surface area contributed by atoms with E-state index in [9.17, 15) is 14.7 Å². The van der Waals surface area contributed by atoms with Gasteiger partial charge >= 0.3 is 0 Å². The van der Waals surface area contributed by atoms with E-state index < -0.39 is 17.7 Å². The second-order valence-corrected chi connectivity index (χ2v) is 8.99. The number of Topliss-reactive ketones (excluding diaryl/α,β-unsaturated/α-hetero) is 1. The Morgan fingerprint density at radius 3 is 2.19 bits per heavy atom. The average molecular weight is 502 g/mol. The highest BCUT2D eigenvalue weighted by Gasteiger charge is 2.47. The number of benzene rings is 3. The molecule has 1 aliphatic heterocycles. The van der Waals surface area contributed by atoms with Gasteiger partial charge in [0, 0.05) is 11.3 Å². The number of ether oxygens (including phenoxy) is 3. The summed E-state index contributed by atoms with van der Waals surface area (Å²) in [6.07, 6.45) is 0. The highest BCUT2D eigenvalue weighted by Crippen LogP contribution is 2.45. The number of ketones is 1. The number of carbonyl (C=O) groups excluding carboxylic acids is 2. The number of aryl methyl sites for hydroxylation is 3. The van der Waals surface area contributed by atoms with Crippen LogP contribution in [0.4, 0.5) is 5.69 Å². The number of amides is 1. The van der Waals surface area contributed by atoms with Crippen molar-refractivity contribution in [1.29, 1.82) is 0 Å². The molecule has 0 aliphatic carbocycles. The summed E-state index contributed by atoms with van der Waals surface area (Å²) in [4.78, 5) is 28.5. The Labute approximate surface area is 216 Å². The Kier molecular flexibility index (Phi) is 7.25. The van der Waals surface area contributed by atoms with Crippen molar-refractivity contribution >= 4 is 23.1 Å². The summed E-state index contributed by atoms with van der Waals surface area (Å²) < 4.78 is 16.5. The maximum atomic E-state index is 13.5. The largest absolute Gasteiger partial charge is 0.507 e. The predicted molar refractivity (Wildman–Crippen MR) is 143 cm³/mol. The second-order valence-electron chi connectivity index (χ2n) is 8.99. The summed E-state index contributed by atoms with van der Waals surface area (Å²) in [7, 11) is 3.11. The van der Waals surface area contributed by atoms with Gasteiger partial charge in [-0.1, -0.05) is 23.8 Å². The lowest BCUT2D eigenvalue weighted by atomic mass is 9.94. The van der Waals surface area contributed by atoms with Crippen LogP contribution in [-0.2, 0) is 9.59 Å². The van der Waals surface area contributed by atoms with E-state index >= 15 is 0 Å². The molecule has 4 rings (SSSR count). The topological polar surface area (TPSA) is 85.3 Å². The van der Waals surface area contributed by atoms with Crippen LogP contribution in [0.25, 0.3) is 5.76 Å². The molecule has 1 N–H and O–H groups in total. The van der Waals surface area contributed by atoms with Crippen molar-refractivity contribution in [2.24, 2.45) is 0 Å². The molecule has 1 aliphatic rings. The zero-order chi connectivity index (χ0) is 26.9. The van der Waals surface area contributed by atoms with Gasteiger partial charge in [0.1, 0.15) is 11.5 Å². The van der Waals surface area contributed by atoms with Crippen molar-refractivity contribution in [3.8, 4) is 17.2 Å². The number of hydrogen-bond donors (Lipinski definition) is 1. The summed E-state index contributed by atoms with van der Waals surface area (Å²) in [6, 6.07) is 15.2. The van der Waals surface area contributed by atoms with Crippen molar-refractivity contribution in [2.45, 2.75) is 33.7 Å². The van der Waals surface area contributed by atoms with Gasteiger partial charge < -0.3 is 19.3 Å². The smallest absolute Gasteiger partial charge is 0.300 e. The summed E-state index contributed by atoms with van der Waals surface area (Å²) in [6.45, 7) is 7.97. The van der Waals surface area contributed by atoms with Gasteiger partial charge in [-0.15, -0.1) is 0 Å². The molecule has 1 fully saturated rings. The standard InChI is InChI=1S/C30H31NO6/c1-7-37-25-16-20(9-13-24(25)36-6)27-26(28(32)21-10-12-23(35-5)19(4)15-21)29(33)30(34)31(27)22-11-8-17(2)14-18(22)3/h8-16,27,32H,7H2,1-6H3/b28-26+. The molecule has 0 bridgehead atoms. The van der Waals surface area contributed by atoms with Crippen LogP contribution in [0.5, 0.6) is 17.2 Å². The van der Waals surface area contributed by atoms with Crippen LogP contribution in [0.1, 0.15) is 40.8 Å². The first kappa shape index (κ1) is 25.8. The molecule has 1 saturated heterocycles. The van der Waals surface area contributed by atoms with Crippen LogP contribution < -0.4 is 19.1 Å². The molecule has 7 nitrogen and oxygen atoms in total. The Morgan fingerprint density at radius 1 is 0.865 bits per heavy atom. The van der Waals surface area contributed by atoms with Crippen molar-refractivity contribution < 1.29 is 28.9 Å². The van der Waals surface area contributed by atoms with E-state index in [0.717, 1.165) is 16.7 Å². The fourth-order valence-corrected chi connectivity index (χ4v) is 4.78. The molecule has 0 saturated carbocycles. The normalized spacial score (nSPS) is 16.7. The van der Waals surface area contributed by atoms with Crippen molar-refractivity contribution in [3.05, 3.63) is 88.0 Å². The first-order valence-electron chi connectivity index (χ1n) is 12.1. The molecule has 1 unspecified atom stereocenters. The quantitative estimate of drug-likeness (QED) is 0.256. The van der Waals surface area contributed by atoms with Gasteiger partial charge in [0.25, 0.3) is 11.7 Å². The van der Waals surface area contributed by atoms with Gasteiger partial charge in [-0.25, -0.2) is 0 Å².